The molecule has 72 valence electrons. The molecule has 0 amide bonds. The van der Waals surface area contributed by atoms with Crippen molar-refractivity contribution in [3.63, 3.8) is 0 Å². The third-order valence-corrected chi connectivity index (χ3v) is 1.40. The van der Waals surface area contributed by atoms with Gasteiger partial charge >= 0.3 is 0 Å². The van der Waals surface area contributed by atoms with Crippen molar-refractivity contribution in [3.8, 4) is 5.75 Å². The van der Waals surface area contributed by atoms with Crippen LogP contribution >= 0.6 is 0 Å². The summed E-state index contributed by atoms with van der Waals surface area (Å²) in [6.07, 6.45) is 0. The Balaban J connectivity index is 2.67. The van der Waals surface area contributed by atoms with Gasteiger partial charge in [-0.2, -0.15) is 0 Å². The van der Waals surface area contributed by atoms with Crippen LogP contribution in [0, 0.1) is 11.6 Å². The van der Waals surface area contributed by atoms with Crippen molar-refractivity contribution in [2.24, 2.45) is 5.73 Å². The third-order valence-electron chi connectivity index (χ3n) is 1.40. The minimum absolute atomic E-state index is 0.0266. The molecule has 1 rings (SSSR count). The lowest BCUT2D eigenvalue weighted by molar-refractivity contribution is 0.281. The van der Waals surface area contributed by atoms with Crippen LogP contribution in [0.15, 0.2) is 18.2 Å². The number of halogens is 2. The van der Waals surface area contributed by atoms with Crippen LogP contribution in [0.5, 0.6) is 5.75 Å². The maximum Gasteiger partial charge on any atom is 0.167 e. The van der Waals surface area contributed by atoms with Gasteiger partial charge < -0.3 is 10.5 Å². The molecule has 0 radical (unpaired) electrons. The Morgan fingerprint density at radius 1 is 1.46 bits per heavy atom. The van der Waals surface area contributed by atoms with Crippen molar-refractivity contribution in [3.05, 3.63) is 29.8 Å². The van der Waals surface area contributed by atoms with Crippen LogP contribution in [-0.4, -0.2) is 12.6 Å². The van der Waals surface area contributed by atoms with Crippen molar-refractivity contribution in [2.75, 3.05) is 6.61 Å². The zero-order valence-corrected chi connectivity index (χ0v) is 7.26. The second-order valence-electron chi connectivity index (χ2n) is 2.86. The van der Waals surface area contributed by atoms with Crippen molar-refractivity contribution in [1.82, 2.24) is 0 Å². The SMILES string of the molecule is CC(N)COc1ccc(F)cc1F. The van der Waals surface area contributed by atoms with Crippen LogP contribution in [0.3, 0.4) is 0 Å². The molecule has 13 heavy (non-hydrogen) atoms. The van der Waals surface area contributed by atoms with Gasteiger partial charge in [0.25, 0.3) is 0 Å². The average molecular weight is 187 g/mol. The fourth-order valence-electron chi connectivity index (χ4n) is 0.813. The molecular formula is C9H11F2NO. The number of nitrogens with two attached hydrogens (primary N) is 1. The molecule has 0 heterocycles. The van der Waals surface area contributed by atoms with E-state index < -0.39 is 11.6 Å². The number of hydrogen-bond acceptors (Lipinski definition) is 2. The number of benzene rings is 1. The van der Waals surface area contributed by atoms with E-state index in [0.29, 0.717) is 0 Å². The van der Waals surface area contributed by atoms with Gasteiger partial charge in [-0.05, 0) is 19.1 Å². The minimum atomic E-state index is -0.708. The Bertz CT molecular complexity index is 289. The summed E-state index contributed by atoms with van der Waals surface area (Å²) in [5.74, 6) is -1.30. The van der Waals surface area contributed by atoms with Gasteiger partial charge in [-0.25, -0.2) is 8.78 Å². The first kappa shape index (κ1) is 9.92. The van der Waals surface area contributed by atoms with E-state index >= 15 is 0 Å². The van der Waals surface area contributed by atoms with E-state index in [2.05, 4.69) is 0 Å². The second-order valence-corrected chi connectivity index (χ2v) is 2.86. The van der Waals surface area contributed by atoms with Gasteiger partial charge in [-0.1, -0.05) is 0 Å². The van der Waals surface area contributed by atoms with E-state index in [1.165, 1.54) is 6.07 Å². The van der Waals surface area contributed by atoms with Crippen LogP contribution in [0.25, 0.3) is 0 Å². The van der Waals surface area contributed by atoms with Crippen molar-refractivity contribution >= 4 is 0 Å². The maximum absolute atomic E-state index is 12.9. The van der Waals surface area contributed by atoms with Gasteiger partial charge in [0.1, 0.15) is 12.4 Å². The lowest BCUT2D eigenvalue weighted by Gasteiger charge is -2.08. The summed E-state index contributed by atoms with van der Waals surface area (Å²) in [4.78, 5) is 0. The molecule has 0 saturated heterocycles. The first-order valence-corrected chi connectivity index (χ1v) is 3.93. The fraction of sp³-hybridized carbons (Fsp3) is 0.333. The monoisotopic (exact) mass is 187 g/mol. The van der Waals surface area contributed by atoms with Gasteiger partial charge in [-0.3, -0.25) is 0 Å². The summed E-state index contributed by atoms with van der Waals surface area (Å²) in [6.45, 7) is 1.95. The maximum atomic E-state index is 12.9. The smallest absolute Gasteiger partial charge is 0.167 e. The molecule has 0 bridgehead atoms. The van der Waals surface area contributed by atoms with Crippen LogP contribution < -0.4 is 10.5 Å². The summed E-state index contributed by atoms with van der Waals surface area (Å²) in [7, 11) is 0. The molecule has 0 spiro atoms. The lowest BCUT2D eigenvalue weighted by Crippen LogP contribution is -2.23. The summed E-state index contributed by atoms with van der Waals surface area (Å²) >= 11 is 0. The van der Waals surface area contributed by atoms with E-state index in [1.54, 1.807) is 6.92 Å². The standard InChI is InChI=1S/C9H11F2NO/c1-6(12)5-13-9-3-2-7(10)4-8(9)11/h2-4,6H,5,12H2,1H3. The Hall–Kier alpha value is -1.16. The van der Waals surface area contributed by atoms with Crippen molar-refractivity contribution in [1.29, 1.82) is 0 Å². The molecule has 2 nitrogen and oxygen atoms in total. The third kappa shape index (κ3) is 2.99. The highest BCUT2D eigenvalue weighted by molar-refractivity contribution is 5.24. The number of ether oxygens (including phenoxy) is 1. The molecule has 1 unspecified atom stereocenters. The highest BCUT2D eigenvalue weighted by atomic mass is 19.1. The van der Waals surface area contributed by atoms with E-state index in [1.807, 2.05) is 0 Å². The van der Waals surface area contributed by atoms with Gasteiger partial charge in [0, 0.05) is 12.1 Å². The average Bonchev–Trinajstić information content (AvgIpc) is 2.02. The first-order valence-electron chi connectivity index (χ1n) is 3.93. The Morgan fingerprint density at radius 3 is 2.69 bits per heavy atom. The summed E-state index contributed by atoms with van der Waals surface area (Å²) in [5, 5.41) is 0. The Labute approximate surface area is 75.3 Å². The van der Waals surface area contributed by atoms with Gasteiger partial charge in [-0.15, -0.1) is 0 Å². The lowest BCUT2D eigenvalue weighted by atomic mass is 10.3. The molecule has 2 N–H and O–H groups in total. The molecule has 4 heteroatoms. The Kier molecular flexibility index (Phi) is 3.19. The molecule has 0 aliphatic rings. The zero-order chi connectivity index (χ0) is 9.84. The molecule has 0 saturated carbocycles. The zero-order valence-electron chi connectivity index (χ0n) is 7.26. The van der Waals surface area contributed by atoms with Crippen molar-refractivity contribution < 1.29 is 13.5 Å². The van der Waals surface area contributed by atoms with Crippen LogP contribution in [0.2, 0.25) is 0 Å². The number of rotatable bonds is 3. The van der Waals surface area contributed by atoms with Crippen molar-refractivity contribution in [2.45, 2.75) is 13.0 Å². The van der Waals surface area contributed by atoms with E-state index in [4.69, 9.17) is 10.5 Å². The van der Waals surface area contributed by atoms with E-state index in [9.17, 15) is 8.78 Å². The van der Waals surface area contributed by atoms with E-state index in [-0.39, 0.29) is 18.4 Å². The Morgan fingerprint density at radius 2 is 2.15 bits per heavy atom. The largest absolute Gasteiger partial charge is 0.489 e. The van der Waals surface area contributed by atoms with E-state index in [0.717, 1.165) is 12.1 Å². The number of hydrogen-bond donors (Lipinski definition) is 1. The van der Waals surface area contributed by atoms with Gasteiger partial charge in [0.05, 0.1) is 0 Å². The normalized spacial score (nSPS) is 12.6. The second kappa shape index (κ2) is 4.18. The van der Waals surface area contributed by atoms with Gasteiger partial charge in [0.2, 0.25) is 0 Å². The van der Waals surface area contributed by atoms with Crippen LogP contribution in [0.1, 0.15) is 6.92 Å². The summed E-state index contributed by atoms with van der Waals surface area (Å²) in [6, 6.07) is 2.98. The molecule has 0 aliphatic carbocycles. The van der Waals surface area contributed by atoms with Gasteiger partial charge in [0.15, 0.2) is 11.6 Å². The predicted octanol–water partition coefficient (Wildman–Crippen LogP) is 1.69. The molecule has 1 aromatic rings. The first-order chi connectivity index (χ1) is 6.09. The molecular weight excluding hydrogens is 176 g/mol. The molecule has 0 aromatic heterocycles. The van der Waals surface area contributed by atoms with Crippen LogP contribution in [0.4, 0.5) is 8.78 Å². The molecule has 0 aliphatic heterocycles. The highest BCUT2D eigenvalue weighted by Gasteiger charge is 2.05. The predicted molar refractivity (Wildman–Crippen MR) is 45.5 cm³/mol. The van der Waals surface area contributed by atoms with Crippen LogP contribution in [-0.2, 0) is 0 Å². The molecule has 1 atom stereocenters. The molecule has 0 fully saturated rings. The quantitative estimate of drug-likeness (QED) is 0.781. The fourth-order valence-corrected chi connectivity index (χ4v) is 0.813. The summed E-state index contributed by atoms with van der Waals surface area (Å²) in [5.41, 5.74) is 5.40. The highest BCUT2D eigenvalue weighted by Crippen LogP contribution is 2.17. The topological polar surface area (TPSA) is 35.2 Å². The minimum Gasteiger partial charge on any atom is -0.489 e. The summed E-state index contributed by atoms with van der Waals surface area (Å²) < 4.78 is 30.3. The molecule has 1 aromatic carbocycles.